The molecule has 0 fully saturated rings. The maximum absolute atomic E-state index is 10.3. The number of phenols is 2. The van der Waals surface area contributed by atoms with Crippen molar-refractivity contribution >= 4 is 5.57 Å². The molecule has 0 aromatic heterocycles. The zero-order valence-electron chi connectivity index (χ0n) is 13.4. The minimum atomic E-state index is -0.0640. The molecule has 23 heavy (non-hydrogen) atoms. The minimum absolute atomic E-state index is 0.00932. The third-order valence-electron chi connectivity index (χ3n) is 4.73. The van der Waals surface area contributed by atoms with Gasteiger partial charge in [0.15, 0.2) is 11.5 Å². The van der Waals surface area contributed by atoms with E-state index in [0.717, 1.165) is 29.5 Å². The van der Waals surface area contributed by atoms with Gasteiger partial charge in [0.05, 0.1) is 0 Å². The highest BCUT2D eigenvalue weighted by molar-refractivity contribution is 5.78. The van der Waals surface area contributed by atoms with Crippen molar-refractivity contribution in [3.8, 4) is 11.5 Å². The molecule has 1 atom stereocenters. The normalized spacial score (nSPS) is 17.2. The van der Waals surface area contributed by atoms with Crippen LogP contribution in [0.5, 0.6) is 11.5 Å². The fraction of sp³-hybridized carbons (Fsp3) is 0.300. The Morgan fingerprint density at radius 1 is 1.09 bits per heavy atom. The molecule has 0 saturated carbocycles. The lowest BCUT2D eigenvalue weighted by Crippen LogP contribution is -2.19. The van der Waals surface area contributed by atoms with Crippen molar-refractivity contribution in [1.82, 2.24) is 0 Å². The molecular weight excluding hydrogens is 286 g/mol. The molecule has 3 heteroatoms. The first kappa shape index (κ1) is 15.6. The molecule has 0 aliphatic heterocycles. The highest BCUT2D eigenvalue weighted by atomic mass is 16.3. The van der Waals surface area contributed by atoms with Crippen molar-refractivity contribution in [3.05, 3.63) is 64.7 Å². The van der Waals surface area contributed by atoms with E-state index >= 15 is 0 Å². The van der Waals surface area contributed by atoms with Crippen LogP contribution < -0.4 is 5.73 Å². The zero-order chi connectivity index (χ0) is 16.4. The molecule has 1 aliphatic carbocycles. The Labute approximate surface area is 137 Å². The van der Waals surface area contributed by atoms with E-state index in [1.165, 1.54) is 11.1 Å². The van der Waals surface area contributed by atoms with Gasteiger partial charge in [0, 0.05) is 18.0 Å². The smallest absolute Gasteiger partial charge is 0.161 e. The van der Waals surface area contributed by atoms with Crippen molar-refractivity contribution in [2.75, 3.05) is 6.54 Å². The average Bonchev–Trinajstić information content (AvgIpc) is 2.59. The van der Waals surface area contributed by atoms with E-state index in [2.05, 4.69) is 19.1 Å². The van der Waals surface area contributed by atoms with Gasteiger partial charge in [-0.15, -0.1) is 0 Å². The Morgan fingerprint density at radius 2 is 1.83 bits per heavy atom. The molecule has 1 unspecified atom stereocenters. The first-order valence-corrected chi connectivity index (χ1v) is 8.18. The highest BCUT2D eigenvalue weighted by Gasteiger charge is 2.29. The summed E-state index contributed by atoms with van der Waals surface area (Å²) in [5, 5.41) is 20.2. The van der Waals surface area contributed by atoms with E-state index < -0.39 is 0 Å². The van der Waals surface area contributed by atoms with Crippen molar-refractivity contribution in [2.24, 2.45) is 5.73 Å². The number of aromatic hydroxyl groups is 2. The number of allylic oxidation sites excluding steroid dienone is 1. The van der Waals surface area contributed by atoms with E-state index in [-0.39, 0.29) is 17.4 Å². The third-order valence-corrected chi connectivity index (χ3v) is 4.73. The SMILES string of the molecule is CCCC1=C(CN)c2ccc(O)c(O)c2CC1c1ccccc1. The van der Waals surface area contributed by atoms with Gasteiger partial charge in [-0.3, -0.25) is 0 Å². The quantitative estimate of drug-likeness (QED) is 0.749. The predicted molar refractivity (Wildman–Crippen MR) is 93.5 cm³/mol. The first-order chi connectivity index (χ1) is 11.2. The van der Waals surface area contributed by atoms with Crippen LogP contribution in [0.25, 0.3) is 5.57 Å². The largest absolute Gasteiger partial charge is 0.504 e. The maximum Gasteiger partial charge on any atom is 0.161 e. The van der Waals surface area contributed by atoms with Gasteiger partial charge in [0.1, 0.15) is 0 Å². The average molecular weight is 309 g/mol. The summed E-state index contributed by atoms with van der Waals surface area (Å²) in [7, 11) is 0. The molecule has 3 nitrogen and oxygen atoms in total. The lowest BCUT2D eigenvalue weighted by molar-refractivity contribution is 0.397. The molecule has 0 heterocycles. The summed E-state index contributed by atoms with van der Waals surface area (Å²) >= 11 is 0. The number of benzene rings is 2. The van der Waals surface area contributed by atoms with E-state index in [4.69, 9.17) is 5.73 Å². The Kier molecular flexibility index (Phi) is 4.39. The van der Waals surface area contributed by atoms with Crippen LogP contribution in [0.3, 0.4) is 0 Å². The fourth-order valence-corrected chi connectivity index (χ4v) is 3.66. The number of phenolic OH excluding ortho intramolecular Hbond substituents is 2. The molecule has 1 aliphatic rings. The Bertz CT molecular complexity index is 735. The van der Waals surface area contributed by atoms with Gasteiger partial charge in [-0.05, 0) is 35.6 Å². The molecule has 0 spiro atoms. The van der Waals surface area contributed by atoms with Crippen molar-refractivity contribution in [1.29, 1.82) is 0 Å². The number of hydrogen-bond donors (Lipinski definition) is 3. The molecular formula is C20H23NO2. The van der Waals surface area contributed by atoms with Gasteiger partial charge in [-0.2, -0.15) is 0 Å². The van der Waals surface area contributed by atoms with Crippen LogP contribution in [-0.2, 0) is 6.42 Å². The monoisotopic (exact) mass is 309 g/mol. The second-order valence-corrected chi connectivity index (χ2v) is 6.08. The van der Waals surface area contributed by atoms with E-state index in [9.17, 15) is 10.2 Å². The van der Waals surface area contributed by atoms with Crippen LogP contribution in [0.2, 0.25) is 0 Å². The summed E-state index contributed by atoms with van der Waals surface area (Å²) in [5.41, 5.74) is 11.6. The Hall–Kier alpha value is -2.26. The molecule has 120 valence electrons. The molecule has 2 aromatic carbocycles. The lowest BCUT2D eigenvalue weighted by atomic mass is 9.73. The standard InChI is InChI=1S/C20H23NO2/c1-2-6-14-16(13-7-4-3-5-8-13)11-17-15(18(14)12-21)9-10-19(22)20(17)23/h3-5,7-10,16,22-23H,2,6,11-12,21H2,1H3. The highest BCUT2D eigenvalue weighted by Crippen LogP contribution is 2.46. The number of nitrogens with two attached hydrogens (primary N) is 1. The molecule has 2 aromatic rings. The van der Waals surface area contributed by atoms with Crippen LogP contribution in [0.15, 0.2) is 48.0 Å². The van der Waals surface area contributed by atoms with E-state index in [1.54, 1.807) is 6.07 Å². The number of fused-ring (bicyclic) bond motifs is 1. The van der Waals surface area contributed by atoms with Gasteiger partial charge in [-0.25, -0.2) is 0 Å². The van der Waals surface area contributed by atoms with Crippen molar-refractivity contribution < 1.29 is 10.2 Å². The Morgan fingerprint density at radius 3 is 2.48 bits per heavy atom. The van der Waals surface area contributed by atoms with Crippen molar-refractivity contribution in [2.45, 2.75) is 32.1 Å². The predicted octanol–water partition coefficient (Wildman–Crippen LogP) is 3.95. The van der Waals surface area contributed by atoms with E-state index in [1.807, 2.05) is 24.3 Å². The minimum Gasteiger partial charge on any atom is -0.504 e. The first-order valence-electron chi connectivity index (χ1n) is 8.18. The molecule has 0 bridgehead atoms. The van der Waals surface area contributed by atoms with Crippen LogP contribution in [0, 0.1) is 0 Å². The summed E-state index contributed by atoms with van der Waals surface area (Å²) in [6.07, 6.45) is 2.74. The molecule has 4 N–H and O–H groups in total. The van der Waals surface area contributed by atoms with Gasteiger partial charge in [0.25, 0.3) is 0 Å². The topological polar surface area (TPSA) is 66.5 Å². The van der Waals surface area contributed by atoms with Crippen LogP contribution in [0.4, 0.5) is 0 Å². The number of hydrogen-bond acceptors (Lipinski definition) is 3. The summed E-state index contributed by atoms with van der Waals surface area (Å²) in [5.74, 6) is 0.130. The summed E-state index contributed by atoms with van der Waals surface area (Å²) < 4.78 is 0. The van der Waals surface area contributed by atoms with Crippen LogP contribution in [0.1, 0.15) is 42.4 Å². The second-order valence-electron chi connectivity index (χ2n) is 6.08. The summed E-state index contributed by atoms with van der Waals surface area (Å²) in [6.45, 7) is 2.61. The number of rotatable bonds is 4. The summed E-state index contributed by atoms with van der Waals surface area (Å²) in [4.78, 5) is 0. The molecule has 3 rings (SSSR count). The fourth-order valence-electron chi connectivity index (χ4n) is 3.66. The van der Waals surface area contributed by atoms with Gasteiger partial charge < -0.3 is 15.9 Å². The van der Waals surface area contributed by atoms with E-state index in [0.29, 0.717) is 13.0 Å². The second kappa shape index (κ2) is 6.47. The maximum atomic E-state index is 10.3. The summed E-state index contributed by atoms with van der Waals surface area (Å²) in [6, 6.07) is 13.8. The third kappa shape index (κ3) is 2.73. The molecule has 0 amide bonds. The van der Waals surface area contributed by atoms with Crippen molar-refractivity contribution in [3.63, 3.8) is 0 Å². The molecule has 0 radical (unpaired) electrons. The lowest BCUT2D eigenvalue weighted by Gasteiger charge is -2.31. The van der Waals surface area contributed by atoms with Gasteiger partial charge in [-0.1, -0.05) is 55.3 Å². The van der Waals surface area contributed by atoms with Crippen LogP contribution >= 0.6 is 0 Å². The zero-order valence-corrected chi connectivity index (χ0v) is 13.4. The molecule has 0 saturated heterocycles. The van der Waals surface area contributed by atoms with Gasteiger partial charge in [0.2, 0.25) is 0 Å². The van der Waals surface area contributed by atoms with Crippen LogP contribution in [-0.4, -0.2) is 16.8 Å². The Balaban J connectivity index is 2.21. The van der Waals surface area contributed by atoms with Gasteiger partial charge >= 0.3 is 0 Å².